The highest BCUT2D eigenvalue weighted by Crippen LogP contribution is 2.35. The summed E-state index contributed by atoms with van der Waals surface area (Å²) in [4.78, 5) is 27.7. The lowest BCUT2D eigenvalue weighted by Gasteiger charge is -2.26. The Morgan fingerprint density at radius 2 is 2.14 bits per heavy atom. The predicted octanol–water partition coefficient (Wildman–Crippen LogP) is 3.39. The van der Waals surface area contributed by atoms with Gasteiger partial charge in [-0.05, 0) is 31.4 Å². The van der Waals surface area contributed by atoms with Gasteiger partial charge in [-0.1, -0.05) is 20.3 Å². The molecule has 0 aromatic carbocycles. The van der Waals surface area contributed by atoms with E-state index in [1.54, 1.807) is 16.7 Å². The van der Waals surface area contributed by atoms with Crippen LogP contribution in [0.4, 0.5) is 0 Å². The lowest BCUT2D eigenvalue weighted by Crippen LogP contribution is -2.45. The largest absolute Gasteiger partial charge is 0.480 e. The Labute approximate surface area is 133 Å². The van der Waals surface area contributed by atoms with E-state index in [-0.39, 0.29) is 11.3 Å². The quantitative estimate of drug-likeness (QED) is 0.900. The third-order valence-electron chi connectivity index (χ3n) is 3.70. The van der Waals surface area contributed by atoms with Gasteiger partial charge in [0.15, 0.2) is 0 Å². The first-order valence-electron chi connectivity index (χ1n) is 7.25. The lowest BCUT2D eigenvalue weighted by atomic mass is 10.2. The van der Waals surface area contributed by atoms with Crippen molar-refractivity contribution in [3.05, 3.63) is 21.4 Å². The Kier molecular flexibility index (Phi) is 5.32. The molecule has 2 unspecified atom stereocenters. The van der Waals surface area contributed by atoms with E-state index in [0.717, 1.165) is 24.8 Å². The van der Waals surface area contributed by atoms with Gasteiger partial charge in [0.1, 0.15) is 6.04 Å². The van der Waals surface area contributed by atoms with E-state index < -0.39 is 12.0 Å². The number of hydrogen-bond acceptors (Lipinski definition) is 4. The third-order valence-corrected chi connectivity index (χ3v) is 6.43. The summed E-state index contributed by atoms with van der Waals surface area (Å²) in [7, 11) is 0. The van der Waals surface area contributed by atoms with Crippen LogP contribution in [-0.2, 0) is 11.2 Å². The van der Waals surface area contributed by atoms with Gasteiger partial charge in [-0.3, -0.25) is 4.79 Å². The number of carboxylic acid groups (broad SMARTS) is 1. The fourth-order valence-electron chi connectivity index (χ4n) is 2.60. The summed E-state index contributed by atoms with van der Waals surface area (Å²) in [6.07, 6.45) is 2.68. The van der Waals surface area contributed by atoms with Crippen molar-refractivity contribution in [2.24, 2.45) is 0 Å². The van der Waals surface area contributed by atoms with Crippen LogP contribution in [0.5, 0.6) is 0 Å². The van der Waals surface area contributed by atoms with Gasteiger partial charge < -0.3 is 10.0 Å². The van der Waals surface area contributed by atoms with Crippen LogP contribution in [0.25, 0.3) is 0 Å². The van der Waals surface area contributed by atoms with E-state index in [2.05, 4.69) is 13.8 Å². The van der Waals surface area contributed by atoms with Gasteiger partial charge in [-0.25, -0.2) is 4.79 Å². The first-order chi connectivity index (χ1) is 9.99. The Balaban J connectivity index is 2.29. The van der Waals surface area contributed by atoms with E-state index in [0.29, 0.717) is 10.6 Å². The highest BCUT2D eigenvalue weighted by atomic mass is 32.2. The molecule has 2 rings (SSSR count). The molecule has 1 amide bonds. The van der Waals surface area contributed by atoms with Crippen molar-refractivity contribution < 1.29 is 14.7 Å². The van der Waals surface area contributed by atoms with Crippen LogP contribution in [-0.4, -0.2) is 39.1 Å². The molecule has 0 saturated carbocycles. The summed E-state index contributed by atoms with van der Waals surface area (Å²) in [5, 5.41) is 9.35. The number of thiophene rings is 1. The second-order valence-electron chi connectivity index (χ2n) is 5.21. The summed E-state index contributed by atoms with van der Waals surface area (Å²) < 4.78 is 0. The molecule has 0 bridgehead atoms. The third kappa shape index (κ3) is 3.26. The zero-order valence-corrected chi connectivity index (χ0v) is 14.2. The van der Waals surface area contributed by atoms with Crippen LogP contribution in [0.2, 0.25) is 0 Å². The summed E-state index contributed by atoms with van der Waals surface area (Å²) in [5.74, 6) is -0.548. The fourth-order valence-corrected chi connectivity index (χ4v) is 5.17. The number of rotatable bonds is 5. The molecule has 1 aliphatic heterocycles. The molecule has 2 atom stereocenters. The Hall–Kier alpha value is -1.01. The monoisotopic (exact) mass is 327 g/mol. The maximum absolute atomic E-state index is 12.8. The van der Waals surface area contributed by atoms with Crippen LogP contribution in [0, 0.1) is 6.92 Å². The molecular weight excluding hydrogens is 306 g/mol. The first kappa shape index (κ1) is 16.4. The second kappa shape index (κ2) is 6.83. The van der Waals surface area contributed by atoms with E-state index in [1.165, 1.54) is 16.2 Å². The Morgan fingerprint density at radius 3 is 2.67 bits per heavy atom. The molecule has 0 spiro atoms. The van der Waals surface area contributed by atoms with E-state index in [9.17, 15) is 14.7 Å². The Bertz CT molecular complexity index is 541. The molecule has 0 radical (unpaired) electrons. The molecular formula is C15H21NO3S2. The molecule has 6 heteroatoms. The van der Waals surface area contributed by atoms with Crippen molar-refractivity contribution in [1.82, 2.24) is 4.90 Å². The number of hydrogen-bond donors (Lipinski definition) is 1. The van der Waals surface area contributed by atoms with Gasteiger partial charge in [0.2, 0.25) is 0 Å². The van der Waals surface area contributed by atoms with Crippen LogP contribution < -0.4 is 0 Å². The van der Waals surface area contributed by atoms with Crippen molar-refractivity contribution >= 4 is 35.0 Å². The van der Waals surface area contributed by atoms with Gasteiger partial charge in [0.05, 0.1) is 10.3 Å². The number of amides is 1. The maximum Gasteiger partial charge on any atom is 0.327 e. The molecule has 116 valence electrons. The summed E-state index contributed by atoms with van der Waals surface area (Å²) in [5.41, 5.74) is 1.12. The minimum Gasteiger partial charge on any atom is -0.480 e. The number of aryl methyl sites for hydroxylation is 2. The van der Waals surface area contributed by atoms with E-state index in [4.69, 9.17) is 0 Å². The molecule has 4 nitrogen and oxygen atoms in total. The predicted molar refractivity (Wildman–Crippen MR) is 87.2 cm³/mol. The van der Waals surface area contributed by atoms with Gasteiger partial charge in [0.25, 0.3) is 5.91 Å². The SMILES string of the molecule is CCCC1SCC(C(=O)O)N1C(=O)c1cc(C)c(CC)s1. The normalized spacial score (nSPS) is 21.8. The molecule has 1 N–H and O–H groups in total. The molecule has 1 saturated heterocycles. The van der Waals surface area contributed by atoms with Crippen molar-refractivity contribution in [2.75, 3.05) is 5.75 Å². The molecule has 0 aliphatic carbocycles. The van der Waals surface area contributed by atoms with Gasteiger partial charge in [-0.15, -0.1) is 23.1 Å². The summed E-state index contributed by atoms with van der Waals surface area (Å²) in [6.45, 7) is 6.13. The molecule has 21 heavy (non-hydrogen) atoms. The lowest BCUT2D eigenvalue weighted by molar-refractivity contribution is -0.141. The number of aliphatic carboxylic acids is 1. The minimum absolute atomic E-state index is 0.0175. The van der Waals surface area contributed by atoms with Crippen molar-refractivity contribution in [3.63, 3.8) is 0 Å². The fraction of sp³-hybridized carbons (Fsp3) is 0.600. The number of nitrogens with zero attached hydrogens (tertiary/aromatic N) is 1. The smallest absolute Gasteiger partial charge is 0.327 e. The molecule has 2 heterocycles. The number of carbonyl (C=O) groups is 2. The summed E-state index contributed by atoms with van der Waals surface area (Å²) in [6, 6.07) is 1.20. The zero-order chi connectivity index (χ0) is 15.6. The number of thioether (sulfide) groups is 1. The average molecular weight is 327 g/mol. The highest BCUT2D eigenvalue weighted by molar-refractivity contribution is 8.00. The van der Waals surface area contributed by atoms with Gasteiger partial charge >= 0.3 is 5.97 Å². The van der Waals surface area contributed by atoms with Crippen LogP contribution in [0.1, 0.15) is 46.8 Å². The maximum atomic E-state index is 12.8. The standard InChI is InChI=1S/C15H21NO3S2/c1-4-6-13-16(10(8-20-13)15(18)19)14(17)12-7-9(3)11(5-2)21-12/h7,10,13H,4-6,8H2,1-3H3,(H,18,19). The molecule has 1 aromatic rings. The average Bonchev–Trinajstić information content (AvgIpc) is 3.02. The topological polar surface area (TPSA) is 57.6 Å². The van der Waals surface area contributed by atoms with Crippen molar-refractivity contribution in [3.8, 4) is 0 Å². The Morgan fingerprint density at radius 1 is 1.43 bits per heavy atom. The van der Waals surface area contributed by atoms with Gasteiger partial charge in [0, 0.05) is 10.6 Å². The van der Waals surface area contributed by atoms with Crippen molar-refractivity contribution in [1.29, 1.82) is 0 Å². The van der Waals surface area contributed by atoms with Crippen molar-refractivity contribution in [2.45, 2.75) is 51.4 Å². The highest BCUT2D eigenvalue weighted by Gasteiger charge is 2.41. The van der Waals surface area contributed by atoms with Crippen LogP contribution in [0.3, 0.4) is 0 Å². The first-order valence-corrected chi connectivity index (χ1v) is 9.12. The van der Waals surface area contributed by atoms with Crippen LogP contribution >= 0.6 is 23.1 Å². The molecule has 1 aliphatic rings. The second-order valence-corrected chi connectivity index (χ2v) is 7.56. The van der Waals surface area contributed by atoms with Crippen LogP contribution in [0.15, 0.2) is 6.07 Å². The van der Waals surface area contributed by atoms with Gasteiger partial charge in [-0.2, -0.15) is 0 Å². The molecule has 1 aromatic heterocycles. The molecule has 1 fully saturated rings. The minimum atomic E-state index is -0.904. The summed E-state index contributed by atoms with van der Waals surface area (Å²) >= 11 is 3.08. The van der Waals surface area contributed by atoms with E-state index >= 15 is 0 Å². The van der Waals surface area contributed by atoms with E-state index in [1.807, 2.05) is 13.0 Å². The number of carbonyl (C=O) groups excluding carboxylic acids is 1. The number of carboxylic acids is 1. The zero-order valence-electron chi connectivity index (χ0n) is 12.6.